The summed E-state index contributed by atoms with van der Waals surface area (Å²) in [6.45, 7) is 0.655. The number of rotatable bonds is 11. The summed E-state index contributed by atoms with van der Waals surface area (Å²) < 4.78 is 0. The number of pyridine rings is 1. The minimum absolute atomic E-state index is 0. The lowest BCUT2D eigenvalue weighted by molar-refractivity contribution is -0.116. The first-order chi connectivity index (χ1) is 20.3. The predicted molar refractivity (Wildman–Crippen MR) is 174 cm³/mol. The smallest absolute Gasteiger partial charge is 0.243 e. The summed E-state index contributed by atoms with van der Waals surface area (Å²) in [6.07, 6.45) is 12.1. The highest BCUT2D eigenvalue weighted by molar-refractivity contribution is 5.89. The van der Waals surface area contributed by atoms with Crippen molar-refractivity contribution in [3.8, 4) is 22.3 Å². The summed E-state index contributed by atoms with van der Waals surface area (Å²) >= 11 is 0. The molecule has 0 aliphatic heterocycles. The Balaban J connectivity index is 0.00000405. The molecule has 4 heteroatoms. The molecule has 4 aromatic carbocycles. The molecule has 0 spiro atoms. The minimum atomic E-state index is -0.0826. The van der Waals surface area contributed by atoms with Gasteiger partial charge in [-0.2, -0.15) is 0 Å². The molecular formula is C38H36N2O2. The van der Waals surface area contributed by atoms with Gasteiger partial charge in [0, 0.05) is 25.0 Å². The predicted octanol–water partition coefficient (Wildman–Crippen LogP) is 7.72. The molecule has 0 radical (unpaired) electrons. The van der Waals surface area contributed by atoms with Crippen LogP contribution in [0.25, 0.3) is 27.8 Å². The maximum Gasteiger partial charge on any atom is 0.243 e. The third kappa shape index (κ3) is 8.47. The van der Waals surface area contributed by atoms with Crippen LogP contribution >= 0.6 is 0 Å². The fraction of sp³-hybridized carbons (Fsp3) is 0.105. The largest absolute Gasteiger partial charge is 0.412 e. The van der Waals surface area contributed by atoms with Crippen LogP contribution in [0.2, 0.25) is 0 Å². The van der Waals surface area contributed by atoms with Gasteiger partial charge in [-0.15, -0.1) is 0 Å². The molecule has 1 amide bonds. The summed E-state index contributed by atoms with van der Waals surface area (Å²) in [7, 11) is 0. The van der Waals surface area contributed by atoms with E-state index in [0.29, 0.717) is 6.54 Å². The molecular weight excluding hydrogens is 516 g/mol. The van der Waals surface area contributed by atoms with Crippen molar-refractivity contribution in [2.45, 2.75) is 19.3 Å². The van der Waals surface area contributed by atoms with E-state index in [2.05, 4.69) is 113 Å². The molecule has 0 saturated carbocycles. The van der Waals surface area contributed by atoms with Crippen molar-refractivity contribution in [2.75, 3.05) is 6.54 Å². The minimum Gasteiger partial charge on any atom is -0.412 e. The van der Waals surface area contributed by atoms with E-state index >= 15 is 0 Å². The van der Waals surface area contributed by atoms with E-state index in [0.717, 1.165) is 36.0 Å². The van der Waals surface area contributed by atoms with Gasteiger partial charge in [0.2, 0.25) is 5.91 Å². The highest BCUT2D eigenvalue weighted by Gasteiger charge is 2.07. The molecule has 0 bridgehead atoms. The van der Waals surface area contributed by atoms with Crippen molar-refractivity contribution >= 4 is 11.5 Å². The van der Waals surface area contributed by atoms with Gasteiger partial charge in [0.05, 0.1) is 0 Å². The normalized spacial score (nSPS) is 10.6. The van der Waals surface area contributed by atoms with E-state index in [1.54, 1.807) is 12.3 Å². The molecule has 1 aromatic heterocycles. The van der Waals surface area contributed by atoms with Gasteiger partial charge in [-0.1, -0.05) is 127 Å². The first-order valence-electron chi connectivity index (χ1n) is 14.1. The molecule has 0 fully saturated rings. The lowest BCUT2D eigenvalue weighted by Gasteiger charge is -2.11. The third-order valence-electron chi connectivity index (χ3n) is 7.03. The molecule has 0 saturated heterocycles. The average Bonchev–Trinajstić information content (AvgIpc) is 3.04. The van der Waals surface area contributed by atoms with Crippen LogP contribution in [-0.4, -0.2) is 22.9 Å². The van der Waals surface area contributed by atoms with Crippen LogP contribution in [0.15, 0.2) is 152 Å². The number of aromatic nitrogens is 1. The maximum atomic E-state index is 12.5. The summed E-state index contributed by atoms with van der Waals surface area (Å²) in [5.74, 6) is -0.0826. The van der Waals surface area contributed by atoms with Crippen LogP contribution in [0.1, 0.15) is 29.5 Å². The lowest BCUT2D eigenvalue weighted by Crippen LogP contribution is -2.22. The zero-order valence-corrected chi connectivity index (χ0v) is 23.6. The van der Waals surface area contributed by atoms with E-state index in [1.165, 1.54) is 27.8 Å². The van der Waals surface area contributed by atoms with Gasteiger partial charge in [-0.05, 0) is 69.8 Å². The Morgan fingerprint density at radius 2 is 1.19 bits per heavy atom. The second-order valence-electron chi connectivity index (χ2n) is 9.94. The van der Waals surface area contributed by atoms with E-state index in [4.69, 9.17) is 0 Å². The Morgan fingerprint density at radius 3 is 1.71 bits per heavy atom. The quantitative estimate of drug-likeness (QED) is 0.103. The molecule has 1 heterocycles. The number of allylic oxidation sites excluding steroid dienone is 2. The number of carbonyl (C=O) groups is 1. The number of hydrogen-bond donors (Lipinski definition) is 1. The zero-order valence-electron chi connectivity index (χ0n) is 23.6. The van der Waals surface area contributed by atoms with Crippen LogP contribution in [-0.2, 0) is 11.2 Å². The first-order valence-corrected chi connectivity index (χ1v) is 14.1. The molecule has 0 aliphatic carbocycles. The number of amides is 1. The maximum absolute atomic E-state index is 12.5. The van der Waals surface area contributed by atoms with Gasteiger partial charge < -0.3 is 10.8 Å². The Bertz CT molecular complexity index is 1490. The van der Waals surface area contributed by atoms with Gasteiger partial charge in [0.15, 0.2) is 0 Å². The summed E-state index contributed by atoms with van der Waals surface area (Å²) in [4.78, 5) is 16.7. The molecule has 4 nitrogen and oxygen atoms in total. The van der Waals surface area contributed by atoms with E-state index < -0.39 is 0 Å². The van der Waals surface area contributed by atoms with Gasteiger partial charge in [0.1, 0.15) is 0 Å². The number of unbranched alkanes of at least 4 members (excludes halogenated alkanes) is 1. The molecule has 0 aliphatic rings. The van der Waals surface area contributed by atoms with Crippen LogP contribution < -0.4 is 5.32 Å². The van der Waals surface area contributed by atoms with Crippen LogP contribution in [0.4, 0.5) is 0 Å². The highest BCUT2D eigenvalue weighted by Crippen LogP contribution is 2.29. The van der Waals surface area contributed by atoms with Crippen molar-refractivity contribution in [1.29, 1.82) is 0 Å². The number of nitrogens with zero attached hydrogens (tertiary/aromatic N) is 1. The third-order valence-corrected chi connectivity index (χ3v) is 7.03. The lowest BCUT2D eigenvalue weighted by atomic mass is 9.94. The number of carbonyl (C=O) groups excluding carboxylic acids is 1. The highest BCUT2D eigenvalue weighted by atomic mass is 16.1. The molecule has 0 unspecified atom stereocenters. The van der Waals surface area contributed by atoms with E-state index in [-0.39, 0.29) is 11.4 Å². The molecule has 0 atom stereocenters. The monoisotopic (exact) mass is 552 g/mol. The first kappa shape index (κ1) is 29.9. The SMILES string of the molecule is O.O=C(/C=C/C=C(c1ccc(-c2ccccc2)cc1)c1ccc(-c2ccccc2)cc1)NCCCCc1cccnc1. The second kappa shape index (κ2) is 15.7. The van der Waals surface area contributed by atoms with Crippen LogP contribution in [0, 0.1) is 0 Å². The standard InChI is InChI=1S/C38H34N2O.H2O/c41-38(40-28-8-7-11-30-12-10-27-39-29-30)18-9-17-37(35-23-19-33(20-24-35)31-13-3-1-4-14-31)36-25-21-34(22-26-36)32-15-5-2-6-16-32;/h1-6,9-10,12-27,29H,7-8,11,28H2,(H,40,41);1H2/b18-9+;. The number of benzene rings is 4. The number of hydrogen-bond acceptors (Lipinski definition) is 2. The number of nitrogens with one attached hydrogen (secondary N) is 1. The molecule has 3 N–H and O–H groups in total. The Morgan fingerprint density at radius 1 is 0.643 bits per heavy atom. The fourth-order valence-electron chi connectivity index (χ4n) is 4.81. The summed E-state index contributed by atoms with van der Waals surface area (Å²) in [5.41, 5.74) is 9.20. The van der Waals surface area contributed by atoms with Gasteiger partial charge >= 0.3 is 0 Å². The zero-order chi connectivity index (χ0) is 28.1. The van der Waals surface area contributed by atoms with Crippen molar-refractivity contribution < 1.29 is 10.3 Å². The Kier molecular flexibility index (Phi) is 11.1. The fourth-order valence-corrected chi connectivity index (χ4v) is 4.81. The molecule has 210 valence electrons. The van der Waals surface area contributed by atoms with E-state index in [1.807, 2.05) is 36.5 Å². The van der Waals surface area contributed by atoms with Crippen LogP contribution in [0.3, 0.4) is 0 Å². The van der Waals surface area contributed by atoms with Gasteiger partial charge in [0.25, 0.3) is 0 Å². The van der Waals surface area contributed by atoms with E-state index in [9.17, 15) is 4.79 Å². The van der Waals surface area contributed by atoms with Crippen molar-refractivity contribution in [3.05, 3.63) is 169 Å². The topological polar surface area (TPSA) is 73.5 Å². The molecule has 42 heavy (non-hydrogen) atoms. The second-order valence-corrected chi connectivity index (χ2v) is 9.94. The van der Waals surface area contributed by atoms with Gasteiger partial charge in [-0.25, -0.2) is 0 Å². The van der Waals surface area contributed by atoms with Gasteiger partial charge in [-0.3, -0.25) is 9.78 Å². The van der Waals surface area contributed by atoms with Crippen molar-refractivity contribution in [3.63, 3.8) is 0 Å². The average molecular weight is 553 g/mol. The molecule has 5 aromatic rings. The summed E-state index contributed by atoms with van der Waals surface area (Å²) in [5, 5.41) is 3.00. The van der Waals surface area contributed by atoms with Crippen molar-refractivity contribution in [2.24, 2.45) is 0 Å². The number of aryl methyl sites for hydroxylation is 1. The summed E-state index contributed by atoms with van der Waals surface area (Å²) in [6, 6.07) is 42.0. The van der Waals surface area contributed by atoms with Crippen LogP contribution in [0.5, 0.6) is 0 Å². The van der Waals surface area contributed by atoms with Crippen molar-refractivity contribution in [1.82, 2.24) is 10.3 Å². The Labute approximate surface area is 248 Å². The Hall–Kier alpha value is -5.06. The molecule has 5 rings (SSSR count).